The average Bonchev–Trinajstić information content (AvgIpc) is 2.13. The number of hydrogen-bond acceptors (Lipinski definition) is 2. The topological polar surface area (TPSA) is 27.1 Å². The van der Waals surface area contributed by atoms with Gasteiger partial charge in [-0.25, -0.2) is 0 Å². The third-order valence-electron chi connectivity index (χ3n) is 1.03. The summed E-state index contributed by atoms with van der Waals surface area (Å²) in [6, 6.07) is 0. The lowest BCUT2D eigenvalue weighted by Gasteiger charge is -1.95. The molecule has 0 unspecified atom stereocenters. The van der Waals surface area contributed by atoms with Crippen molar-refractivity contribution in [3.8, 4) is 5.88 Å². The van der Waals surface area contributed by atoms with Crippen LogP contribution in [0.25, 0.3) is 0 Å². The summed E-state index contributed by atoms with van der Waals surface area (Å²) in [5.74, 6) is 0.727. The van der Waals surface area contributed by atoms with E-state index in [1.807, 2.05) is 20.2 Å². The summed E-state index contributed by atoms with van der Waals surface area (Å²) < 4.78 is 8.02. The van der Waals surface area contributed by atoms with Crippen LogP contribution < -0.4 is 4.74 Å². The molecule has 4 heteroatoms. The Labute approximate surface area is 73.5 Å². The highest BCUT2D eigenvalue weighted by Crippen LogP contribution is 2.16. The zero-order chi connectivity index (χ0) is 7.56. The Morgan fingerprint density at radius 3 is 2.90 bits per heavy atom. The fraction of sp³-hybridized carbons (Fsp3) is 0.500. The Bertz CT molecular complexity index is 222. The van der Waals surface area contributed by atoms with Crippen molar-refractivity contribution in [3.63, 3.8) is 0 Å². The zero-order valence-corrected chi connectivity index (χ0v) is 8.12. The van der Waals surface area contributed by atoms with Crippen molar-refractivity contribution in [2.45, 2.75) is 6.92 Å². The Balaban J connectivity index is 2.81. The van der Waals surface area contributed by atoms with Crippen LogP contribution in [-0.4, -0.2) is 16.4 Å². The van der Waals surface area contributed by atoms with Crippen LogP contribution in [-0.2, 0) is 7.05 Å². The third kappa shape index (κ3) is 1.62. The lowest BCUT2D eigenvalue weighted by atomic mass is 10.7. The molecule has 0 aromatic carbocycles. The van der Waals surface area contributed by atoms with Crippen molar-refractivity contribution in [2.24, 2.45) is 7.05 Å². The van der Waals surface area contributed by atoms with Crippen molar-refractivity contribution in [2.75, 3.05) is 6.61 Å². The van der Waals surface area contributed by atoms with Crippen molar-refractivity contribution in [3.05, 3.63) is 9.77 Å². The minimum atomic E-state index is 0.674. The normalized spacial score (nSPS) is 9.90. The minimum absolute atomic E-state index is 0.674. The van der Waals surface area contributed by atoms with Crippen molar-refractivity contribution >= 4 is 22.6 Å². The molecule has 56 valence electrons. The summed E-state index contributed by atoms with van der Waals surface area (Å²) in [5, 5.41) is 4.09. The molecule has 0 saturated heterocycles. The second-order valence-electron chi connectivity index (χ2n) is 1.89. The maximum atomic E-state index is 5.22. The van der Waals surface area contributed by atoms with Gasteiger partial charge in [-0.3, -0.25) is 4.68 Å². The molecule has 0 bridgehead atoms. The maximum absolute atomic E-state index is 5.22. The maximum Gasteiger partial charge on any atom is 0.246 e. The number of rotatable bonds is 2. The summed E-state index contributed by atoms with van der Waals surface area (Å²) in [4.78, 5) is 0. The molecule has 0 saturated carbocycles. The molecule has 0 radical (unpaired) electrons. The fourth-order valence-electron chi connectivity index (χ4n) is 0.674. The predicted molar refractivity (Wildman–Crippen MR) is 47.1 cm³/mol. The van der Waals surface area contributed by atoms with Crippen LogP contribution >= 0.6 is 22.6 Å². The van der Waals surface area contributed by atoms with E-state index in [4.69, 9.17) is 4.74 Å². The van der Waals surface area contributed by atoms with E-state index in [-0.39, 0.29) is 0 Å². The van der Waals surface area contributed by atoms with E-state index in [1.165, 1.54) is 0 Å². The van der Waals surface area contributed by atoms with E-state index in [0.717, 1.165) is 9.45 Å². The summed E-state index contributed by atoms with van der Waals surface area (Å²) in [6.45, 7) is 2.62. The Hall–Kier alpha value is -0.260. The van der Waals surface area contributed by atoms with Crippen LogP contribution in [0.4, 0.5) is 0 Å². The summed E-state index contributed by atoms with van der Waals surface area (Å²) in [7, 11) is 1.88. The molecule has 0 amide bonds. The summed E-state index contributed by atoms with van der Waals surface area (Å²) in [6.07, 6.45) is 1.92. The van der Waals surface area contributed by atoms with Gasteiger partial charge in [-0.1, -0.05) is 0 Å². The van der Waals surface area contributed by atoms with Crippen LogP contribution in [0.2, 0.25) is 0 Å². The quantitative estimate of drug-likeness (QED) is 0.744. The molecule has 0 aliphatic carbocycles. The third-order valence-corrected chi connectivity index (χ3v) is 1.77. The van der Waals surface area contributed by atoms with Crippen molar-refractivity contribution in [1.82, 2.24) is 9.78 Å². The van der Waals surface area contributed by atoms with Crippen LogP contribution in [0, 0.1) is 3.57 Å². The van der Waals surface area contributed by atoms with Gasteiger partial charge >= 0.3 is 0 Å². The molecule has 10 heavy (non-hydrogen) atoms. The van der Waals surface area contributed by atoms with E-state index in [0.29, 0.717) is 6.61 Å². The monoisotopic (exact) mass is 252 g/mol. The number of aryl methyl sites for hydroxylation is 1. The molecule has 0 aliphatic rings. The van der Waals surface area contributed by atoms with Gasteiger partial charge in [0, 0.05) is 13.2 Å². The highest BCUT2D eigenvalue weighted by Gasteiger charge is 2.02. The van der Waals surface area contributed by atoms with Crippen LogP contribution in [0.3, 0.4) is 0 Å². The van der Waals surface area contributed by atoms with Gasteiger partial charge < -0.3 is 4.74 Å². The zero-order valence-electron chi connectivity index (χ0n) is 5.97. The highest BCUT2D eigenvalue weighted by atomic mass is 127. The first-order valence-corrected chi connectivity index (χ1v) is 4.14. The molecule has 0 fully saturated rings. The second-order valence-corrected chi connectivity index (χ2v) is 3.05. The molecule has 1 heterocycles. The van der Waals surface area contributed by atoms with Crippen molar-refractivity contribution in [1.29, 1.82) is 0 Å². The molecular weight excluding hydrogens is 243 g/mol. The average molecular weight is 252 g/mol. The molecule has 1 aromatic heterocycles. The van der Waals surface area contributed by atoms with Gasteiger partial charge in [-0.15, -0.1) is 5.10 Å². The number of hydrogen-bond donors (Lipinski definition) is 0. The molecule has 3 nitrogen and oxygen atoms in total. The first-order valence-electron chi connectivity index (χ1n) is 3.06. The van der Waals surface area contributed by atoms with Gasteiger partial charge in [0.2, 0.25) is 5.88 Å². The van der Waals surface area contributed by atoms with E-state index in [1.54, 1.807) is 4.68 Å². The molecule has 0 atom stereocenters. The van der Waals surface area contributed by atoms with Gasteiger partial charge in [0.25, 0.3) is 0 Å². The molecule has 0 aliphatic heterocycles. The first kappa shape index (κ1) is 7.84. The number of halogens is 1. The SMILES string of the molecule is CCOc1nn(C)cc1I. The fourth-order valence-corrected chi connectivity index (χ4v) is 1.34. The Kier molecular flexibility index (Phi) is 2.53. The van der Waals surface area contributed by atoms with Gasteiger partial charge in [0.05, 0.1) is 10.2 Å². The van der Waals surface area contributed by atoms with Crippen molar-refractivity contribution < 1.29 is 4.74 Å². The molecule has 0 N–H and O–H groups in total. The number of aromatic nitrogens is 2. The largest absolute Gasteiger partial charge is 0.476 e. The van der Waals surface area contributed by atoms with Crippen LogP contribution in [0.15, 0.2) is 6.20 Å². The molecule has 1 aromatic rings. The van der Waals surface area contributed by atoms with Gasteiger partial charge in [-0.2, -0.15) is 0 Å². The highest BCUT2D eigenvalue weighted by molar-refractivity contribution is 14.1. The molecule has 1 rings (SSSR count). The van der Waals surface area contributed by atoms with Crippen LogP contribution in [0.5, 0.6) is 5.88 Å². The predicted octanol–water partition coefficient (Wildman–Crippen LogP) is 1.42. The smallest absolute Gasteiger partial charge is 0.246 e. The second kappa shape index (κ2) is 3.23. The number of nitrogens with zero attached hydrogens (tertiary/aromatic N) is 2. The Morgan fingerprint density at radius 2 is 2.50 bits per heavy atom. The first-order chi connectivity index (χ1) is 4.74. The van der Waals surface area contributed by atoms with Crippen LogP contribution in [0.1, 0.15) is 6.92 Å². The molecule has 0 spiro atoms. The van der Waals surface area contributed by atoms with Gasteiger partial charge in [0.1, 0.15) is 0 Å². The van der Waals surface area contributed by atoms with E-state index in [9.17, 15) is 0 Å². The van der Waals surface area contributed by atoms with E-state index in [2.05, 4.69) is 27.7 Å². The molecular formula is C6H9IN2O. The minimum Gasteiger partial charge on any atom is -0.476 e. The lowest BCUT2D eigenvalue weighted by Crippen LogP contribution is -1.94. The number of ether oxygens (including phenoxy) is 1. The summed E-state index contributed by atoms with van der Waals surface area (Å²) in [5.41, 5.74) is 0. The van der Waals surface area contributed by atoms with Gasteiger partial charge in [0.15, 0.2) is 0 Å². The Morgan fingerprint density at radius 1 is 1.80 bits per heavy atom. The standard InChI is InChI=1S/C6H9IN2O/c1-3-10-6-5(7)4-9(2)8-6/h4H,3H2,1-2H3. The summed E-state index contributed by atoms with van der Waals surface area (Å²) >= 11 is 2.20. The van der Waals surface area contributed by atoms with Gasteiger partial charge in [-0.05, 0) is 29.5 Å². The van der Waals surface area contributed by atoms with E-state index >= 15 is 0 Å². The van der Waals surface area contributed by atoms with E-state index < -0.39 is 0 Å². The lowest BCUT2D eigenvalue weighted by molar-refractivity contribution is 0.321.